The number of hydrogen-bond donors (Lipinski definition) is 1. The van der Waals surface area contributed by atoms with Crippen LogP contribution in [0.3, 0.4) is 0 Å². The first-order valence-electron chi connectivity index (χ1n) is 12.3. The maximum atomic E-state index is 13.8. The summed E-state index contributed by atoms with van der Waals surface area (Å²) in [5.41, 5.74) is -0.625. The fourth-order valence-corrected chi connectivity index (χ4v) is 4.53. The number of ether oxygens (including phenoxy) is 3. The Labute approximate surface area is 222 Å². The highest BCUT2D eigenvalue weighted by Crippen LogP contribution is 2.41. The number of carboxylic acid groups (broad SMARTS) is 1. The van der Waals surface area contributed by atoms with E-state index in [1.165, 1.54) is 29.8 Å². The van der Waals surface area contributed by atoms with Crippen LogP contribution >= 0.6 is 0 Å². The number of benzene rings is 2. The van der Waals surface area contributed by atoms with Gasteiger partial charge in [0, 0.05) is 18.2 Å². The van der Waals surface area contributed by atoms with E-state index in [1.54, 1.807) is 19.1 Å². The number of nitrogens with zero attached hydrogens (tertiary/aromatic N) is 2. The first-order chi connectivity index (χ1) is 18.7. The van der Waals surface area contributed by atoms with Gasteiger partial charge in [0.2, 0.25) is 5.60 Å². The number of aromatic nitrogens is 2. The lowest BCUT2D eigenvalue weighted by Crippen LogP contribution is -2.50. The van der Waals surface area contributed by atoms with Gasteiger partial charge in [-0.3, -0.25) is 14.3 Å². The molecule has 0 amide bonds. The van der Waals surface area contributed by atoms with Crippen molar-refractivity contribution in [3.63, 3.8) is 0 Å². The Balaban J connectivity index is 1.75. The Bertz CT molecular complexity index is 1630. The number of pyridine rings is 2. The number of carbonyl (C=O) groups excluding carboxylic acids is 1. The smallest absolute Gasteiger partial charge is 0.349 e. The first-order valence-corrected chi connectivity index (χ1v) is 12.3. The highest BCUT2D eigenvalue weighted by Gasteiger charge is 2.43. The average Bonchev–Trinajstić information content (AvgIpc) is 2.92. The second kappa shape index (κ2) is 10.2. The minimum Gasteiger partial charge on any atom is -0.485 e. The van der Waals surface area contributed by atoms with Crippen molar-refractivity contribution in [1.82, 2.24) is 9.55 Å². The summed E-state index contributed by atoms with van der Waals surface area (Å²) in [5, 5.41) is 9.99. The lowest BCUT2D eigenvalue weighted by atomic mass is 9.99. The van der Waals surface area contributed by atoms with Crippen molar-refractivity contribution in [1.29, 1.82) is 0 Å². The van der Waals surface area contributed by atoms with Gasteiger partial charge in [-0.05, 0) is 37.1 Å². The number of aliphatic carboxylic acids is 1. The van der Waals surface area contributed by atoms with Crippen molar-refractivity contribution in [2.24, 2.45) is 0 Å². The van der Waals surface area contributed by atoms with Crippen LogP contribution in [0.2, 0.25) is 0 Å². The molecular formula is C29H25FN2O7. The third-order valence-electron chi connectivity index (χ3n) is 6.50. The van der Waals surface area contributed by atoms with Crippen molar-refractivity contribution in [2.75, 3.05) is 6.61 Å². The van der Waals surface area contributed by atoms with Crippen LogP contribution in [0.5, 0.6) is 11.5 Å². The molecule has 0 spiro atoms. The summed E-state index contributed by atoms with van der Waals surface area (Å²) in [6, 6.07) is 15.0. The van der Waals surface area contributed by atoms with Gasteiger partial charge in [0.05, 0.1) is 13.2 Å². The van der Waals surface area contributed by atoms with Gasteiger partial charge in [-0.1, -0.05) is 42.5 Å². The number of rotatable bonds is 8. The molecule has 0 radical (unpaired) electrons. The molecule has 9 nitrogen and oxygen atoms in total. The van der Waals surface area contributed by atoms with Crippen LogP contribution in [0.1, 0.15) is 40.9 Å². The van der Waals surface area contributed by atoms with E-state index in [1.807, 2.05) is 30.3 Å². The predicted molar refractivity (Wildman–Crippen MR) is 139 cm³/mol. The molecule has 1 aliphatic rings. The fraction of sp³-hybridized carbons (Fsp3) is 0.241. The van der Waals surface area contributed by atoms with Gasteiger partial charge in [-0.15, -0.1) is 0 Å². The molecule has 1 aliphatic heterocycles. The zero-order chi connectivity index (χ0) is 27.7. The molecule has 200 valence electrons. The van der Waals surface area contributed by atoms with Crippen molar-refractivity contribution in [3.8, 4) is 11.5 Å². The van der Waals surface area contributed by atoms with E-state index in [2.05, 4.69) is 4.98 Å². The minimum atomic E-state index is -1.82. The second-order valence-corrected chi connectivity index (χ2v) is 9.34. The molecule has 0 unspecified atom stereocenters. The third-order valence-corrected chi connectivity index (χ3v) is 6.50. The molecule has 39 heavy (non-hydrogen) atoms. The lowest BCUT2D eigenvalue weighted by Gasteiger charge is -2.34. The van der Waals surface area contributed by atoms with E-state index in [4.69, 9.17) is 14.2 Å². The van der Waals surface area contributed by atoms with Gasteiger partial charge >= 0.3 is 11.9 Å². The van der Waals surface area contributed by atoms with E-state index in [-0.39, 0.29) is 54.3 Å². The summed E-state index contributed by atoms with van der Waals surface area (Å²) >= 11 is 0. The maximum Gasteiger partial charge on any atom is 0.349 e. The second-order valence-electron chi connectivity index (χ2n) is 9.34. The van der Waals surface area contributed by atoms with E-state index >= 15 is 0 Å². The molecule has 4 aromatic rings. The van der Waals surface area contributed by atoms with Crippen LogP contribution in [-0.2, 0) is 29.1 Å². The fourth-order valence-electron chi connectivity index (χ4n) is 4.53. The summed E-state index contributed by atoms with van der Waals surface area (Å²) in [7, 11) is 0. The van der Waals surface area contributed by atoms with Crippen molar-refractivity contribution >= 4 is 23.0 Å². The number of carboxylic acids is 1. The zero-order valence-electron chi connectivity index (χ0n) is 21.3. The summed E-state index contributed by atoms with van der Waals surface area (Å²) in [6.45, 7) is 2.63. The molecule has 10 heteroatoms. The number of carbonyl (C=O) groups is 2. The van der Waals surface area contributed by atoms with Gasteiger partial charge < -0.3 is 19.3 Å². The molecule has 2 aromatic carbocycles. The number of esters is 1. The highest BCUT2D eigenvalue weighted by atomic mass is 19.1. The average molecular weight is 533 g/mol. The molecule has 0 saturated heterocycles. The van der Waals surface area contributed by atoms with Crippen molar-refractivity contribution < 1.29 is 33.3 Å². The summed E-state index contributed by atoms with van der Waals surface area (Å²) in [5.74, 6) is -2.55. The van der Waals surface area contributed by atoms with Gasteiger partial charge in [0.1, 0.15) is 23.5 Å². The predicted octanol–water partition coefficient (Wildman–Crippen LogP) is 4.12. The normalized spacial score (nSPS) is 16.0. The molecule has 0 aliphatic carbocycles. The Hall–Kier alpha value is -4.73. The quantitative estimate of drug-likeness (QED) is 0.337. The van der Waals surface area contributed by atoms with Gasteiger partial charge in [-0.25, -0.2) is 14.0 Å². The largest absolute Gasteiger partial charge is 0.485 e. The van der Waals surface area contributed by atoms with E-state index in [9.17, 15) is 23.9 Å². The standard InChI is InChI=1S/C29H25FN2O7/c1-3-37-27(34)21-25(38-15-18-7-5-4-6-8-18)22-23-24(39-29(2,28(35)36)16-32(23)26(21)33)19(14-31-22)13-17-9-11-20(30)12-10-17/h4-12,14H,3,13,15-16H2,1-2H3,(H,35,36)/t29-/m0/s1. The number of hydrogen-bond acceptors (Lipinski definition) is 7. The van der Waals surface area contributed by atoms with Crippen LogP contribution in [0, 0.1) is 5.82 Å². The summed E-state index contributed by atoms with van der Waals surface area (Å²) in [6.07, 6.45) is 1.70. The Morgan fingerprint density at radius 2 is 1.85 bits per heavy atom. The number of halogens is 1. The maximum absolute atomic E-state index is 13.8. The van der Waals surface area contributed by atoms with Crippen molar-refractivity contribution in [2.45, 2.75) is 39.0 Å². The molecule has 0 fully saturated rings. The first kappa shape index (κ1) is 25.9. The van der Waals surface area contributed by atoms with Gasteiger partial charge in [0.25, 0.3) is 5.56 Å². The Kier molecular flexibility index (Phi) is 6.78. The molecule has 0 bridgehead atoms. The summed E-state index contributed by atoms with van der Waals surface area (Å²) < 4.78 is 31.9. The molecule has 0 saturated carbocycles. The molecule has 1 N–H and O–H groups in total. The third kappa shape index (κ3) is 4.81. The molecule has 1 atom stereocenters. The van der Waals surface area contributed by atoms with E-state index < -0.39 is 28.9 Å². The van der Waals surface area contributed by atoms with Gasteiger partial charge in [0.15, 0.2) is 17.1 Å². The SMILES string of the molecule is CCOC(=O)c1c(OCc2ccccc2)c2ncc(Cc3ccc(F)cc3)c3c2n(c1=O)C[C@@](C)(C(=O)O)O3. The lowest BCUT2D eigenvalue weighted by molar-refractivity contribution is -0.155. The highest BCUT2D eigenvalue weighted by molar-refractivity contribution is 6.00. The van der Waals surface area contributed by atoms with Crippen LogP contribution in [0.4, 0.5) is 4.39 Å². The summed E-state index contributed by atoms with van der Waals surface area (Å²) in [4.78, 5) is 43.7. The molecule has 3 heterocycles. The van der Waals surface area contributed by atoms with E-state index in [0.717, 1.165) is 11.1 Å². The molecule has 2 aromatic heterocycles. The Morgan fingerprint density at radius 3 is 2.51 bits per heavy atom. The topological polar surface area (TPSA) is 117 Å². The van der Waals surface area contributed by atoms with E-state index in [0.29, 0.717) is 5.56 Å². The molecular weight excluding hydrogens is 507 g/mol. The Morgan fingerprint density at radius 1 is 1.13 bits per heavy atom. The monoisotopic (exact) mass is 532 g/mol. The van der Waals surface area contributed by atoms with Gasteiger partial charge in [-0.2, -0.15) is 0 Å². The van der Waals surface area contributed by atoms with Crippen molar-refractivity contribution in [3.05, 3.63) is 99.2 Å². The minimum absolute atomic E-state index is 0.0136. The van der Waals surface area contributed by atoms with Crippen LogP contribution in [0.25, 0.3) is 11.0 Å². The van der Waals surface area contributed by atoms with Crippen LogP contribution < -0.4 is 15.0 Å². The van der Waals surface area contributed by atoms with Crippen LogP contribution in [-0.4, -0.2) is 38.8 Å². The zero-order valence-corrected chi connectivity index (χ0v) is 21.3. The van der Waals surface area contributed by atoms with Crippen LogP contribution in [0.15, 0.2) is 65.6 Å². The molecule has 5 rings (SSSR count).